The number of ether oxygens (including phenoxy) is 1. The normalized spacial score (nSPS) is 9.21. The first kappa shape index (κ1) is 10.5. The van der Waals surface area contributed by atoms with E-state index in [1.165, 1.54) is 12.3 Å². The summed E-state index contributed by atoms with van der Waals surface area (Å²) >= 11 is 4.02. The van der Waals surface area contributed by atoms with Crippen molar-refractivity contribution < 1.29 is 9.53 Å². The topological polar surface area (TPSA) is 63.0 Å². The van der Waals surface area contributed by atoms with Gasteiger partial charge in [0.1, 0.15) is 6.07 Å². The molecule has 4 nitrogen and oxygen atoms in total. The number of hydrogen-bond acceptors (Lipinski definition) is 5. The van der Waals surface area contributed by atoms with Crippen molar-refractivity contribution in [3.05, 3.63) is 23.5 Å². The Bertz CT molecular complexity index is 398. The second kappa shape index (κ2) is 4.63. The molecule has 0 saturated carbocycles. The average molecular weight is 208 g/mol. The maximum absolute atomic E-state index is 11.2. The summed E-state index contributed by atoms with van der Waals surface area (Å²) in [5, 5.41) is 8.57. The number of thiol groups is 1. The third-order valence-electron chi connectivity index (χ3n) is 1.48. The van der Waals surface area contributed by atoms with Gasteiger partial charge in [-0.25, -0.2) is 9.78 Å². The van der Waals surface area contributed by atoms with Gasteiger partial charge < -0.3 is 4.74 Å². The second-order valence-corrected chi connectivity index (χ2v) is 2.91. The van der Waals surface area contributed by atoms with E-state index in [1.54, 1.807) is 6.92 Å². The first-order chi connectivity index (χ1) is 6.69. The van der Waals surface area contributed by atoms with Crippen molar-refractivity contribution >= 4 is 18.6 Å². The van der Waals surface area contributed by atoms with Gasteiger partial charge in [-0.15, -0.1) is 12.6 Å². The third-order valence-corrected chi connectivity index (χ3v) is 1.83. The van der Waals surface area contributed by atoms with Crippen LogP contribution in [0.15, 0.2) is 17.2 Å². The number of rotatable bonds is 2. The van der Waals surface area contributed by atoms with E-state index in [1.807, 2.05) is 6.07 Å². The standard InChI is InChI=1S/C9H8N2O2S/c1-2-13-9(12)6-3-8(14)7(4-10)11-5-6/h3,5,14H,2H2,1H3. The molecule has 0 N–H and O–H groups in total. The van der Waals surface area contributed by atoms with Crippen molar-refractivity contribution in [2.75, 3.05) is 6.61 Å². The zero-order chi connectivity index (χ0) is 10.6. The zero-order valence-electron chi connectivity index (χ0n) is 7.52. The molecule has 0 aliphatic rings. The highest BCUT2D eigenvalue weighted by molar-refractivity contribution is 7.80. The molecule has 0 atom stereocenters. The SMILES string of the molecule is CCOC(=O)c1cnc(C#N)c(S)c1. The number of esters is 1. The van der Waals surface area contributed by atoms with Crippen molar-refractivity contribution in [1.82, 2.24) is 4.98 Å². The highest BCUT2D eigenvalue weighted by Gasteiger charge is 2.09. The van der Waals surface area contributed by atoms with Gasteiger partial charge in [0.15, 0.2) is 5.69 Å². The van der Waals surface area contributed by atoms with Crippen LogP contribution < -0.4 is 0 Å². The summed E-state index contributed by atoms with van der Waals surface area (Å²) in [6.07, 6.45) is 1.30. The van der Waals surface area contributed by atoms with Gasteiger partial charge in [0.2, 0.25) is 0 Å². The molecule has 0 unspecified atom stereocenters. The summed E-state index contributed by atoms with van der Waals surface area (Å²) in [4.78, 5) is 15.4. The Morgan fingerprint density at radius 2 is 2.50 bits per heavy atom. The zero-order valence-corrected chi connectivity index (χ0v) is 8.41. The van der Waals surface area contributed by atoms with Crippen molar-refractivity contribution in [3.8, 4) is 6.07 Å². The maximum Gasteiger partial charge on any atom is 0.339 e. The van der Waals surface area contributed by atoms with Crippen LogP contribution in [0, 0.1) is 11.3 Å². The molecule has 0 spiro atoms. The van der Waals surface area contributed by atoms with Crippen molar-refractivity contribution in [1.29, 1.82) is 5.26 Å². The van der Waals surface area contributed by atoms with Crippen LogP contribution in [0.4, 0.5) is 0 Å². The average Bonchev–Trinajstić information content (AvgIpc) is 2.18. The van der Waals surface area contributed by atoms with Gasteiger partial charge in [-0.3, -0.25) is 0 Å². The Morgan fingerprint density at radius 1 is 1.79 bits per heavy atom. The summed E-state index contributed by atoms with van der Waals surface area (Å²) < 4.78 is 4.76. The number of carbonyl (C=O) groups excluding carboxylic acids is 1. The van der Waals surface area contributed by atoms with Gasteiger partial charge in [-0.05, 0) is 13.0 Å². The minimum absolute atomic E-state index is 0.196. The molecule has 0 bridgehead atoms. The predicted octanol–water partition coefficient (Wildman–Crippen LogP) is 1.42. The first-order valence-corrected chi connectivity index (χ1v) is 4.40. The lowest BCUT2D eigenvalue weighted by Gasteiger charge is -2.02. The first-order valence-electron chi connectivity index (χ1n) is 3.95. The van der Waals surface area contributed by atoms with Gasteiger partial charge in [0, 0.05) is 11.1 Å². The van der Waals surface area contributed by atoms with Gasteiger partial charge in [-0.1, -0.05) is 0 Å². The highest BCUT2D eigenvalue weighted by atomic mass is 32.1. The molecule has 72 valence electrons. The van der Waals surface area contributed by atoms with Gasteiger partial charge in [0.05, 0.1) is 12.2 Å². The molecular weight excluding hydrogens is 200 g/mol. The lowest BCUT2D eigenvalue weighted by molar-refractivity contribution is 0.0525. The van der Waals surface area contributed by atoms with E-state index in [-0.39, 0.29) is 5.69 Å². The molecule has 1 rings (SSSR count). The molecule has 0 fully saturated rings. The number of carbonyl (C=O) groups is 1. The third kappa shape index (κ3) is 2.24. The van der Waals surface area contributed by atoms with Gasteiger partial charge >= 0.3 is 5.97 Å². The Hall–Kier alpha value is -1.54. The van der Waals surface area contributed by atoms with Crippen LogP contribution in [-0.2, 0) is 4.74 Å². The molecule has 0 aliphatic heterocycles. The van der Waals surface area contributed by atoms with Crippen LogP contribution in [0.25, 0.3) is 0 Å². The highest BCUT2D eigenvalue weighted by Crippen LogP contribution is 2.12. The molecule has 1 heterocycles. The van der Waals surface area contributed by atoms with E-state index in [4.69, 9.17) is 10.00 Å². The molecule has 0 aliphatic carbocycles. The Labute approximate surface area is 86.9 Å². The van der Waals surface area contributed by atoms with E-state index in [0.29, 0.717) is 17.1 Å². The summed E-state index contributed by atoms with van der Waals surface area (Å²) in [6.45, 7) is 2.03. The second-order valence-electron chi connectivity index (χ2n) is 2.42. The summed E-state index contributed by atoms with van der Waals surface area (Å²) in [5.41, 5.74) is 0.497. The quantitative estimate of drug-likeness (QED) is 0.589. The van der Waals surface area contributed by atoms with Crippen LogP contribution in [0.2, 0.25) is 0 Å². The Morgan fingerprint density at radius 3 is 3.00 bits per heavy atom. The van der Waals surface area contributed by atoms with E-state index in [2.05, 4.69) is 17.6 Å². The Kier molecular flexibility index (Phi) is 3.48. The molecular formula is C9H8N2O2S. The van der Waals surface area contributed by atoms with E-state index >= 15 is 0 Å². The van der Waals surface area contributed by atoms with Crippen molar-refractivity contribution in [2.45, 2.75) is 11.8 Å². The van der Waals surface area contributed by atoms with Crippen LogP contribution >= 0.6 is 12.6 Å². The number of nitriles is 1. The lowest BCUT2D eigenvalue weighted by Crippen LogP contribution is -2.05. The monoisotopic (exact) mass is 208 g/mol. The molecule has 0 saturated heterocycles. The van der Waals surface area contributed by atoms with Crippen LogP contribution in [0.1, 0.15) is 23.0 Å². The largest absolute Gasteiger partial charge is 0.462 e. The fourth-order valence-electron chi connectivity index (χ4n) is 0.865. The van der Waals surface area contributed by atoms with E-state index < -0.39 is 5.97 Å². The maximum atomic E-state index is 11.2. The molecule has 0 amide bonds. The fraction of sp³-hybridized carbons (Fsp3) is 0.222. The van der Waals surface area contributed by atoms with E-state index in [0.717, 1.165) is 0 Å². The molecule has 5 heteroatoms. The number of pyridine rings is 1. The number of nitrogens with zero attached hydrogens (tertiary/aromatic N) is 2. The van der Waals surface area contributed by atoms with E-state index in [9.17, 15) is 4.79 Å². The number of hydrogen-bond donors (Lipinski definition) is 1. The summed E-state index contributed by atoms with van der Waals surface area (Å²) in [5.74, 6) is -0.459. The lowest BCUT2D eigenvalue weighted by atomic mass is 10.2. The fourth-order valence-corrected chi connectivity index (χ4v) is 1.11. The van der Waals surface area contributed by atoms with Crippen LogP contribution in [0.5, 0.6) is 0 Å². The van der Waals surface area contributed by atoms with Crippen LogP contribution in [0.3, 0.4) is 0 Å². The molecule has 0 aromatic carbocycles. The predicted molar refractivity (Wildman–Crippen MR) is 52.2 cm³/mol. The number of aromatic nitrogens is 1. The molecule has 1 aromatic heterocycles. The van der Waals surface area contributed by atoms with Crippen molar-refractivity contribution in [3.63, 3.8) is 0 Å². The Balaban J connectivity index is 2.98. The van der Waals surface area contributed by atoms with Crippen LogP contribution in [-0.4, -0.2) is 17.6 Å². The summed E-state index contributed by atoms with van der Waals surface area (Å²) in [6, 6.07) is 3.32. The molecule has 14 heavy (non-hydrogen) atoms. The van der Waals surface area contributed by atoms with Gasteiger partial charge in [0.25, 0.3) is 0 Å². The minimum atomic E-state index is -0.459. The van der Waals surface area contributed by atoms with Gasteiger partial charge in [-0.2, -0.15) is 5.26 Å². The molecule has 1 aromatic rings. The summed E-state index contributed by atoms with van der Waals surface area (Å²) in [7, 11) is 0. The smallest absolute Gasteiger partial charge is 0.339 e. The van der Waals surface area contributed by atoms with Crippen molar-refractivity contribution in [2.24, 2.45) is 0 Å². The molecule has 0 radical (unpaired) electrons. The minimum Gasteiger partial charge on any atom is -0.462 e.